The molecule has 0 spiro atoms. The third kappa shape index (κ3) is 2.37. The van der Waals surface area contributed by atoms with E-state index in [0.29, 0.717) is 5.56 Å². The highest BCUT2D eigenvalue weighted by Crippen LogP contribution is 2.33. The van der Waals surface area contributed by atoms with Crippen LogP contribution in [0.1, 0.15) is 25.3 Å². The number of fused-ring (bicyclic) bond motifs is 1. The van der Waals surface area contributed by atoms with Crippen molar-refractivity contribution in [1.82, 2.24) is 9.55 Å². The summed E-state index contributed by atoms with van der Waals surface area (Å²) in [5, 5.41) is 9.05. The van der Waals surface area contributed by atoms with E-state index in [1.54, 1.807) is 0 Å². The van der Waals surface area contributed by atoms with Gasteiger partial charge in [0.05, 0.1) is 22.7 Å². The molecule has 20 heavy (non-hydrogen) atoms. The number of nitrogens with zero attached hydrogens (tertiary/aromatic N) is 2. The number of imidazole rings is 1. The van der Waals surface area contributed by atoms with Crippen molar-refractivity contribution in [1.29, 1.82) is 5.26 Å². The first kappa shape index (κ1) is 13.3. The Morgan fingerprint density at radius 3 is 2.90 bits per heavy atom. The van der Waals surface area contributed by atoms with Gasteiger partial charge < -0.3 is 14.3 Å². The number of aromatic nitrogens is 2. The first-order chi connectivity index (χ1) is 9.61. The van der Waals surface area contributed by atoms with Gasteiger partial charge in [-0.15, -0.1) is 0 Å². The summed E-state index contributed by atoms with van der Waals surface area (Å²) in [6.45, 7) is 4.78. The van der Waals surface area contributed by atoms with Gasteiger partial charge in [-0.25, -0.2) is 0 Å². The van der Waals surface area contributed by atoms with E-state index in [9.17, 15) is 0 Å². The maximum absolute atomic E-state index is 9.05. The lowest BCUT2D eigenvalue weighted by Crippen LogP contribution is -2.31. The molecule has 3 rings (SSSR count). The van der Waals surface area contributed by atoms with Gasteiger partial charge in [0, 0.05) is 19.8 Å². The summed E-state index contributed by atoms with van der Waals surface area (Å²) in [6, 6.07) is 7.83. The average molecular weight is 287 g/mol. The molecule has 1 aromatic heterocycles. The van der Waals surface area contributed by atoms with E-state index in [1.165, 1.54) is 0 Å². The van der Waals surface area contributed by atoms with E-state index in [2.05, 4.69) is 22.5 Å². The quantitative estimate of drug-likeness (QED) is 0.861. The normalized spacial score (nSPS) is 18.0. The molecule has 0 aliphatic carbocycles. The number of ether oxygens (including phenoxy) is 1. The molecule has 2 aromatic rings. The van der Waals surface area contributed by atoms with Crippen molar-refractivity contribution < 1.29 is 4.74 Å². The maximum Gasteiger partial charge on any atom is 0.178 e. The minimum atomic E-state index is 0.203. The largest absolute Gasteiger partial charge is 0.381 e. The predicted octanol–water partition coefficient (Wildman–Crippen LogP) is 3.39. The van der Waals surface area contributed by atoms with Crippen LogP contribution < -0.4 is 0 Å². The zero-order valence-electron chi connectivity index (χ0n) is 11.5. The Labute approximate surface area is 123 Å². The molecule has 5 heteroatoms. The molecular weight excluding hydrogens is 270 g/mol. The number of benzene rings is 1. The number of nitrogens with one attached hydrogen (secondary N) is 1. The molecule has 1 aliphatic heterocycles. The zero-order chi connectivity index (χ0) is 14.2. The first-order valence-corrected chi connectivity index (χ1v) is 7.23. The van der Waals surface area contributed by atoms with Gasteiger partial charge in [0.25, 0.3) is 0 Å². The fourth-order valence-electron chi connectivity index (χ4n) is 2.78. The predicted molar refractivity (Wildman–Crippen MR) is 80.0 cm³/mol. The Bertz CT molecular complexity index is 732. The Kier molecular flexibility index (Phi) is 3.36. The molecule has 0 bridgehead atoms. The lowest BCUT2D eigenvalue weighted by Gasteiger charge is -2.33. The molecule has 1 aromatic carbocycles. The summed E-state index contributed by atoms with van der Waals surface area (Å²) in [5.41, 5.74) is 2.87. The number of hydrogen-bond acceptors (Lipinski definition) is 3. The first-order valence-electron chi connectivity index (χ1n) is 6.82. The number of aromatic amines is 1. The minimum absolute atomic E-state index is 0.203. The zero-order valence-corrected chi connectivity index (χ0v) is 12.3. The number of H-pyrrole nitrogens is 1. The summed E-state index contributed by atoms with van der Waals surface area (Å²) >= 11 is 5.44. The lowest BCUT2D eigenvalue weighted by molar-refractivity contribution is 0.0159. The Balaban J connectivity index is 2.04. The van der Waals surface area contributed by atoms with Crippen LogP contribution in [0.25, 0.3) is 11.0 Å². The van der Waals surface area contributed by atoms with Crippen LogP contribution in [0.3, 0.4) is 0 Å². The molecule has 0 radical (unpaired) electrons. The van der Waals surface area contributed by atoms with Gasteiger partial charge in [-0.2, -0.15) is 5.26 Å². The summed E-state index contributed by atoms with van der Waals surface area (Å²) in [5.74, 6) is 0. The average Bonchev–Trinajstić information content (AvgIpc) is 2.75. The third-order valence-corrected chi connectivity index (χ3v) is 4.47. The van der Waals surface area contributed by atoms with Crippen LogP contribution in [0.2, 0.25) is 0 Å². The smallest absolute Gasteiger partial charge is 0.178 e. The van der Waals surface area contributed by atoms with Gasteiger partial charge in [-0.1, -0.05) is 6.92 Å². The van der Waals surface area contributed by atoms with Crippen LogP contribution in [0.15, 0.2) is 18.2 Å². The van der Waals surface area contributed by atoms with Crippen molar-refractivity contribution in [2.24, 2.45) is 5.41 Å². The molecule has 1 fully saturated rings. The number of nitriles is 1. The van der Waals surface area contributed by atoms with Crippen LogP contribution in [0.5, 0.6) is 0 Å². The van der Waals surface area contributed by atoms with E-state index in [1.807, 2.05) is 18.2 Å². The molecule has 1 saturated heterocycles. The Morgan fingerprint density at radius 2 is 2.20 bits per heavy atom. The molecule has 2 heterocycles. The molecule has 1 N–H and O–H groups in total. The lowest BCUT2D eigenvalue weighted by atomic mass is 9.82. The van der Waals surface area contributed by atoms with E-state index < -0.39 is 0 Å². The fourth-order valence-corrected chi connectivity index (χ4v) is 3.06. The van der Waals surface area contributed by atoms with Crippen LogP contribution in [0, 0.1) is 21.5 Å². The Hall–Kier alpha value is -1.64. The van der Waals surface area contributed by atoms with Gasteiger partial charge in [0.2, 0.25) is 0 Å². The van der Waals surface area contributed by atoms with E-state index in [0.717, 1.165) is 48.4 Å². The molecule has 0 amide bonds. The standard InChI is InChI=1S/C15H17N3OS/c1-15(4-6-19-7-5-15)10-18-13-8-11(9-16)2-3-12(13)17-14(18)20/h2-3,8H,4-7,10H2,1H3,(H,17,20). The van der Waals surface area contributed by atoms with Gasteiger partial charge >= 0.3 is 0 Å². The highest BCUT2D eigenvalue weighted by Gasteiger charge is 2.28. The fraction of sp³-hybridized carbons (Fsp3) is 0.467. The highest BCUT2D eigenvalue weighted by molar-refractivity contribution is 7.71. The van der Waals surface area contributed by atoms with Crippen LogP contribution in [-0.2, 0) is 11.3 Å². The molecule has 4 nitrogen and oxygen atoms in total. The summed E-state index contributed by atoms with van der Waals surface area (Å²) in [7, 11) is 0. The molecule has 0 unspecified atom stereocenters. The Morgan fingerprint density at radius 1 is 1.45 bits per heavy atom. The van der Waals surface area contributed by atoms with E-state index >= 15 is 0 Å². The molecule has 0 atom stereocenters. The van der Waals surface area contributed by atoms with Gasteiger partial charge in [0.15, 0.2) is 4.77 Å². The summed E-state index contributed by atoms with van der Waals surface area (Å²) in [6.07, 6.45) is 2.08. The minimum Gasteiger partial charge on any atom is -0.381 e. The number of hydrogen-bond donors (Lipinski definition) is 1. The van der Waals surface area contributed by atoms with Crippen molar-refractivity contribution in [2.45, 2.75) is 26.3 Å². The van der Waals surface area contributed by atoms with Crippen molar-refractivity contribution in [3.05, 3.63) is 28.5 Å². The van der Waals surface area contributed by atoms with Crippen LogP contribution in [0.4, 0.5) is 0 Å². The summed E-state index contributed by atoms with van der Waals surface area (Å²) < 4.78 is 8.30. The molecule has 1 aliphatic rings. The molecular formula is C15H17N3OS. The van der Waals surface area contributed by atoms with E-state index in [4.69, 9.17) is 22.2 Å². The van der Waals surface area contributed by atoms with Gasteiger partial charge in [0.1, 0.15) is 0 Å². The van der Waals surface area contributed by atoms with Crippen molar-refractivity contribution in [3.8, 4) is 6.07 Å². The van der Waals surface area contributed by atoms with Crippen molar-refractivity contribution >= 4 is 23.3 Å². The second-order valence-electron chi connectivity index (χ2n) is 5.78. The monoisotopic (exact) mass is 287 g/mol. The third-order valence-electron chi connectivity index (χ3n) is 4.14. The van der Waals surface area contributed by atoms with Crippen LogP contribution in [-0.4, -0.2) is 22.8 Å². The highest BCUT2D eigenvalue weighted by atomic mass is 32.1. The SMILES string of the molecule is CC1(Cn2c(=S)[nH]c3ccc(C#N)cc32)CCOCC1. The van der Waals surface area contributed by atoms with Crippen molar-refractivity contribution in [3.63, 3.8) is 0 Å². The van der Waals surface area contributed by atoms with Gasteiger partial charge in [-0.05, 0) is 48.7 Å². The molecule has 104 valence electrons. The van der Waals surface area contributed by atoms with Crippen molar-refractivity contribution in [2.75, 3.05) is 13.2 Å². The molecule has 0 saturated carbocycles. The van der Waals surface area contributed by atoms with Gasteiger partial charge in [-0.3, -0.25) is 0 Å². The van der Waals surface area contributed by atoms with E-state index in [-0.39, 0.29) is 5.41 Å². The van der Waals surface area contributed by atoms with Crippen LogP contribution >= 0.6 is 12.2 Å². The number of rotatable bonds is 2. The maximum atomic E-state index is 9.05. The second kappa shape index (κ2) is 5.04. The topological polar surface area (TPSA) is 53.7 Å². The summed E-state index contributed by atoms with van der Waals surface area (Å²) in [4.78, 5) is 3.22. The second-order valence-corrected chi connectivity index (χ2v) is 6.17.